The molecule has 2 aliphatic rings. The third-order valence-electron chi connectivity index (χ3n) is 4.04. The Labute approximate surface area is 120 Å². The van der Waals surface area contributed by atoms with Gasteiger partial charge in [-0.2, -0.15) is 0 Å². The van der Waals surface area contributed by atoms with Crippen molar-refractivity contribution in [2.45, 2.75) is 57.7 Å². The number of hydrogen-bond donors (Lipinski definition) is 2. The molecule has 0 atom stereocenters. The normalized spacial score (nSPS) is 19.9. The fourth-order valence-corrected chi connectivity index (χ4v) is 2.68. The van der Waals surface area contributed by atoms with Crippen molar-refractivity contribution < 1.29 is 4.79 Å². The minimum atomic E-state index is 0.0741. The predicted octanol–water partition coefficient (Wildman–Crippen LogP) is 2.09. The van der Waals surface area contributed by atoms with E-state index in [0.717, 1.165) is 36.9 Å². The van der Waals surface area contributed by atoms with Crippen LogP contribution in [-0.2, 0) is 16.9 Å². The van der Waals surface area contributed by atoms with Crippen LogP contribution in [0.15, 0.2) is 18.3 Å². The first-order valence-electron chi connectivity index (χ1n) is 7.60. The highest BCUT2D eigenvalue weighted by Crippen LogP contribution is 2.45. The average molecular weight is 273 g/mol. The van der Waals surface area contributed by atoms with Crippen LogP contribution in [-0.4, -0.2) is 16.9 Å². The van der Waals surface area contributed by atoms with Gasteiger partial charge in [0.1, 0.15) is 0 Å². The van der Waals surface area contributed by atoms with Gasteiger partial charge in [-0.05, 0) is 57.2 Å². The molecule has 1 aromatic heterocycles. The van der Waals surface area contributed by atoms with Crippen molar-refractivity contribution in [2.24, 2.45) is 5.92 Å². The quantitative estimate of drug-likeness (QED) is 0.834. The smallest absolute Gasteiger partial charge is 0.223 e. The van der Waals surface area contributed by atoms with Crippen molar-refractivity contribution in [3.05, 3.63) is 29.6 Å². The summed E-state index contributed by atoms with van der Waals surface area (Å²) in [6, 6.07) is 4.58. The summed E-state index contributed by atoms with van der Waals surface area (Å²) in [7, 11) is 0. The van der Waals surface area contributed by atoms with Gasteiger partial charge >= 0.3 is 0 Å². The molecule has 0 saturated heterocycles. The summed E-state index contributed by atoms with van der Waals surface area (Å²) < 4.78 is 0. The van der Waals surface area contributed by atoms with Gasteiger partial charge in [0.15, 0.2) is 0 Å². The summed E-state index contributed by atoms with van der Waals surface area (Å²) in [5.41, 5.74) is 2.33. The summed E-state index contributed by atoms with van der Waals surface area (Å²) in [5, 5.41) is 6.63. The molecule has 4 nitrogen and oxygen atoms in total. The summed E-state index contributed by atoms with van der Waals surface area (Å²) in [5.74, 6) is 0.471. The van der Waals surface area contributed by atoms with E-state index in [4.69, 9.17) is 0 Å². The largest absolute Gasteiger partial charge is 0.352 e. The zero-order valence-electron chi connectivity index (χ0n) is 12.3. The number of nitrogens with one attached hydrogen (secondary N) is 2. The van der Waals surface area contributed by atoms with Crippen molar-refractivity contribution in [1.29, 1.82) is 0 Å². The third-order valence-corrected chi connectivity index (χ3v) is 4.04. The molecule has 0 aliphatic heterocycles. The van der Waals surface area contributed by atoms with Crippen molar-refractivity contribution >= 4 is 5.91 Å². The van der Waals surface area contributed by atoms with Gasteiger partial charge in [0, 0.05) is 24.7 Å². The van der Waals surface area contributed by atoms with Crippen molar-refractivity contribution in [3.63, 3.8) is 0 Å². The van der Waals surface area contributed by atoms with Gasteiger partial charge in [-0.25, -0.2) is 0 Å². The van der Waals surface area contributed by atoms with E-state index in [1.165, 1.54) is 0 Å². The molecular formula is C16H23N3O. The second-order valence-corrected chi connectivity index (χ2v) is 6.42. The van der Waals surface area contributed by atoms with Crippen molar-refractivity contribution in [1.82, 2.24) is 15.6 Å². The first kappa shape index (κ1) is 13.6. The van der Waals surface area contributed by atoms with Gasteiger partial charge in [-0.15, -0.1) is 0 Å². The Morgan fingerprint density at radius 3 is 2.80 bits per heavy atom. The Bertz CT molecular complexity index is 504. The van der Waals surface area contributed by atoms with E-state index in [-0.39, 0.29) is 17.4 Å². The van der Waals surface area contributed by atoms with Crippen molar-refractivity contribution in [3.8, 4) is 0 Å². The number of aromatic nitrogens is 1. The summed E-state index contributed by atoms with van der Waals surface area (Å²) >= 11 is 0. The topological polar surface area (TPSA) is 54.0 Å². The zero-order chi connectivity index (χ0) is 14.2. The third kappa shape index (κ3) is 3.01. The first-order valence-corrected chi connectivity index (χ1v) is 7.60. The van der Waals surface area contributed by atoms with Crippen LogP contribution in [0.3, 0.4) is 0 Å². The highest BCUT2D eigenvalue weighted by molar-refractivity contribution is 5.80. The summed E-state index contributed by atoms with van der Waals surface area (Å²) in [6.45, 7) is 4.95. The minimum Gasteiger partial charge on any atom is -0.352 e. The monoisotopic (exact) mass is 273 g/mol. The van der Waals surface area contributed by atoms with Gasteiger partial charge in [0.25, 0.3) is 0 Å². The van der Waals surface area contributed by atoms with Crippen LogP contribution >= 0.6 is 0 Å². The summed E-state index contributed by atoms with van der Waals surface area (Å²) in [4.78, 5) is 16.2. The lowest BCUT2D eigenvalue weighted by Crippen LogP contribution is -2.35. The van der Waals surface area contributed by atoms with Gasteiger partial charge in [0.05, 0.1) is 11.2 Å². The second kappa shape index (κ2) is 5.17. The number of carbonyl (C=O) groups is 1. The molecule has 0 radical (unpaired) electrons. The molecule has 0 aromatic carbocycles. The Morgan fingerprint density at radius 1 is 1.45 bits per heavy atom. The van der Waals surface area contributed by atoms with E-state index in [9.17, 15) is 4.79 Å². The van der Waals surface area contributed by atoms with Crippen LogP contribution in [0.25, 0.3) is 0 Å². The van der Waals surface area contributed by atoms with Crippen LogP contribution in [0.5, 0.6) is 0 Å². The van der Waals surface area contributed by atoms with Crippen LogP contribution < -0.4 is 10.6 Å². The van der Waals surface area contributed by atoms with E-state index in [0.29, 0.717) is 12.6 Å². The van der Waals surface area contributed by atoms with E-state index in [2.05, 4.69) is 35.5 Å². The maximum absolute atomic E-state index is 11.7. The Kier molecular flexibility index (Phi) is 3.50. The lowest BCUT2D eigenvalue weighted by atomic mass is 10.1. The molecule has 0 unspecified atom stereocenters. The second-order valence-electron chi connectivity index (χ2n) is 6.42. The fourth-order valence-electron chi connectivity index (χ4n) is 2.68. The number of rotatable bonds is 6. The lowest BCUT2D eigenvalue weighted by molar-refractivity contribution is -0.122. The number of hydrogen-bond acceptors (Lipinski definition) is 3. The van der Waals surface area contributed by atoms with Crippen LogP contribution in [0, 0.1) is 5.92 Å². The highest BCUT2D eigenvalue weighted by atomic mass is 16.2. The van der Waals surface area contributed by atoms with E-state index < -0.39 is 0 Å². The molecule has 2 N–H and O–H groups in total. The molecule has 4 heteroatoms. The molecule has 1 heterocycles. The van der Waals surface area contributed by atoms with E-state index in [1.807, 2.05) is 12.3 Å². The van der Waals surface area contributed by atoms with Crippen LogP contribution in [0.2, 0.25) is 0 Å². The molecule has 1 amide bonds. The molecule has 20 heavy (non-hydrogen) atoms. The lowest BCUT2D eigenvalue weighted by Gasteiger charge is -2.20. The molecule has 0 spiro atoms. The van der Waals surface area contributed by atoms with Crippen LogP contribution in [0.1, 0.15) is 50.8 Å². The minimum absolute atomic E-state index is 0.0741. The number of nitrogens with zero attached hydrogens (tertiary/aromatic N) is 1. The highest BCUT2D eigenvalue weighted by Gasteiger charge is 2.45. The number of carbonyl (C=O) groups excluding carboxylic acids is 1. The molecule has 2 saturated carbocycles. The summed E-state index contributed by atoms with van der Waals surface area (Å²) in [6.07, 6.45) is 6.26. The molecule has 108 valence electrons. The van der Waals surface area contributed by atoms with Gasteiger partial charge in [-0.3, -0.25) is 9.78 Å². The Balaban J connectivity index is 1.65. The number of pyridine rings is 1. The number of amides is 1. The molecule has 2 fully saturated rings. The first-order chi connectivity index (χ1) is 9.59. The molecule has 3 rings (SSSR count). The van der Waals surface area contributed by atoms with Crippen molar-refractivity contribution in [2.75, 3.05) is 0 Å². The molecular weight excluding hydrogens is 250 g/mol. The van der Waals surface area contributed by atoms with Gasteiger partial charge in [-0.1, -0.05) is 0 Å². The van der Waals surface area contributed by atoms with E-state index in [1.54, 1.807) is 0 Å². The van der Waals surface area contributed by atoms with Gasteiger partial charge < -0.3 is 10.6 Å². The van der Waals surface area contributed by atoms with Crippen LogP contribution in [0.4, 0.5) is 0 Å². The molecule has 0 bridgehead atoms. The maximum Gasteiger partial charge on any atom is 0.223 e. The average Bonchev–Trinajstić information content (AvgIpc) is 3.29. The predicted molar refractivity (Wildman–Crippen MR) is 78.0 cm³/mol. The zero-order valence-corrected chi connectivity index (χ0v) is 12.3. The Hall–Kier alpha value is -1.42. The molecule has 2 aliphatic carbocycles. The molecule has 1 aromatic rings. The Morgan fingerprint density at radius 2 is 2.20 bits per heavy atom. The van der Waals surface area contributed by atoms with Gasteiger partial charge in [0.2, 0.25) is 5.91 Å². The fraction of sp³-hybridized carbons (Fsp3) is 0.625. The standard InChI is InChI=1S/C16H23N3O/c1-11(2)19-16(6-7-16)14-9-12(5-8-17-14)10-18-15(20)13-3-4-13/h5,8-9,11,13,19H,3-4,6-7,10H2,1-2H3,(H,18,20). The maximum atomic E-state index is 11.7. The SMILES string of the molecule is CC(C)NC1(c2cc(CNC(=O)C3CC3)ccn2)CC1. The van der Waals surface area contributed by atoms with E-state index >= 15 is 0 Å².